The maximum atomic E-state index is 12.9. The molecule has 3 unspecified atom stereocenters. The first-order chi connectivity index (χ1) is 11.6. The summed E-state index contributed by atoms with van der Waals surface area (Å²) in [6.45, 7) is 7.54. The smallest absolute Gasteiger partial charge is 0.341 e. The van der Waals surface area contributed by atoms with E-state index in [4.69, 9.17) is 9.47 Å². The number of hydrogen-bond acceptors (Lipinski definition) is 7. The summed E-state index contributed by atoms with van der Waals surface area (Å²) in [5.41, 5.74) is -3.39. The van der Waals surface area contributed by atoms with Crippen molar-refractivity contribution < 1.29 is 29.3 Å². The molecule has 0 saturated carbocycles. The van der Waals surface area contributed by atoms with Crippen LogP contribution in [0.5, 0.6) is 0 Å². The standard InChI is InChI=1S/C18H27NO6/c1-10(2)13-15(20)25-12-6-8-19-7-5-11(14(12)19)9-24-16(21)18(4,23)17(13,3)22/h5,10,12-14,22-23H,6-9H2,1-4H3/t12?,13-,14+,17?,18?/m0/s1. The molecular formula is C18H27NO6. The Morgan fingerprint density at radius 2 is 1.96 bits per heavy atom. The van der Waals surface area contributed by atoms with Crippen molar-refractivity contribution in [2.45, 2.75) is 57.5 Å². The molecule has 7 nitrogen and oxygen atoms in total. The van der Waals surface area contributed by atoms with E-state index in [2.05, 4.69) is 4.90 Å². The molecule has 2 saturated heterocycles. The highest BCUT2D eigenvalue weighted by molar-refractivity contribution is 5.84. The van der Waals surface area contributed by atoms with Crippen molar-refractivity contribution in [1.82, 2.24) is 4.90 Å². The maximum absolute atomic E-state index is 12.9. The van der Waals surface area contributed by atoms with E-state index >= 15 is 0 Å². The average molecular weight is 353 g/mol. The molecule has 3 heterocycles. The largest absolute Gasteiger partial charge is 0.460 e. The molecule has 7 heteroatoms. The first-order valence-corrected chi connectivity index (χ1v) is 8.82. The van der Waals surface area contributed by atoms with E-state index in [-0.39, 0.29) is 24.7 Å². The Morgan fingerprint density at radius 3 is 2.60 bits per heavy atom. The van der Waals surface area contributed by atoms with Crippen LogP contribution in [-0.2, 0) is 19.1 Å². The second kappa shape index (κ2) is 6.07. The Kier molecular flexibility index (Phi) is 4.46. The molecule has 2 N–H and O–H groups in total. The molecule has 0 aromatic heterocycles. The van der Waals surface area contributed by atoms with Crippen LogP contribution in [0.15, 0.2) is 11.6 Å². The Bertz CT molecular complexity index is 609. The van der Waals surface area contributed by atoms with E-state index in [1.165, 1.54) is 13.8 Å². The molecule has 25 heavy (non-hydrogen) atoms. The lowest BCUT2D eigenvalue weighted by atomic mass is 9.71. The molecule has 0 spiro atoms. The number of carbonyl (C=O) groups is 2. The van der Waals surface area contributed by atoms with Crippen molar-refractivity contribution in [1.29, 1.82) is 0 Å². The summed E-state index contributed by atoms with van der Waals surface area (Å²) in [5, 5.41) is 21.7. The van der Waals surface area contributed by atoms with Crippen LogP contribution < -0.4 is 0 Å². The third-order valence-electron chi connectivity index (χ3n) is 5.96. The van der Waals surface area contributed by atoms with Crippen LogP contribution in [0.2, 0.25) is 0 Å². The van der Waals surface area contributed by atoms with Gasteiger partial charge < -0.3 is 19.7 Å². The zero-order valence-corrected chi connectivity index (χ0v) is 15.2. The summed E-state index contributed by atoms with van der Waals surface area (Å²) in [4.78, 5) is 27.6. The summed E-state index contributed by atoms with van der Waals surface area (Å²) < 4.78 is 11.1. The Labute approximate surface area is 147 Å². The van der Waals surface area contributed by atoms with E-state index in [0.29, 0.717) is 6.42 Å². The highest BCUT2D eigenvalue weighted by atomic mass is 16.6. The lowest BCUT2D eigenvalue weighted by Gasteiger charge is -2.42. The van der Waals surface area contributed by atoms with Crippen molar-refractivity contribution in [3.05, 3.63) is 11.6 Å². The quantitative estimate of drug-likeness (QED) is 0.515. The number of rotatable bonds is 1. The highest BCUT2D eigenvalue weighted by Crippen LogP contribution is 2.39. The topological polar surface area (TPSA) is 96.3 Å². The van der Waals surface area contributed by atoms with Gasteiger partial charge in [0, 0.05) is 13.1 Å². The van der Waals surface area contributed by atoms with Gasteiger partial charge in [-0.3, -0.25) is 9.69 Å². The minimum absolute atomic E-state index is 0.0205. The summed E-state index contributed by atoms with van der Waals surface area (Å²) in [6, 6.07) is -0.0995. The minimum atomic E-state index is -2.24. The van der Waals surface area contributed by atoms with Crippen LogP contribution in [0.25, 0.3) is 0 Å². The first-order valence-electron chi connectivity index (χ1n) is 8.82. The lowest BCUT2D eigenvalue weighted by molar-refractivity contribution is -0.210. The van der Waals surface area contributed by atoms with E-state index in [1.54, 1.807) is 13.8 Å². The Hall–Kier alpha value is -1.44. The van der Waals surface area contributed by atoms with Gasteiger partial charge in [0.25, 0.3) is 0 Å². The van der Waals surface area contributed by atoms with E-state index in [1.807, 2.05) is 6.08 Å². The Morgan fingerprint density at radius 1 is 1.28 bits per heavy atom. The van der Waals surface area contributed by atoms with Gasteiger partial charge in [0.05, 0.1) is 12.0 Å². The van der Waals surface area contributed by atoms with Gasteiger partial charge in [0.2, 0.25) is 0 Å². The molecule has 140 valence electrons. The molecule has 3 aliphatic rings. The molecule has 0 aliphatic carbocycles. The Balaban J connectivity index is 2.02. The number of aliphatic hydroxyl groups is 2. The van der Waals surface area contributed by atoms with Gasteiger partial charge in [-0.1, -0.05) is 19.9 Å². The lowest BCUT2D eigenvalue weighted by Crippen LogP contribution is -2.63. The summed E-state index contributed by atoms with van der Waals surface area (Å²) in [6.07, 6.45) is 2.34. The van der Waals surface area contributed by atoms with Gasteiger partial charge in [-0.15, -0.1) is 0 Å². The third kappa shape index (κ3) is 2.78. The molecular weight excluding hydrogens is 326 g/mol. The molecule has 5 atom stereocenters. The molecule has 0 aromatic carbocycles. The first kappa shape index (κ1) is 18.4. The number of nitrogens with zero attached hydrogens (tertiary/aromatic N) is 1. The monoisotopic (exact) mass is 353 g/mol. The summed E-state index contributed by atoms with van der Waals surface area (Å²) in [5.74, 6) is -2.92. The zero-order chi connectivity index (χ0) is 18.6. The van der Waals surface area contributed by atoms with Gasteiger partial charge in [0.1, 0.15) is 18.3 Å². The molecule has 2 fully saturated rings. The second-order valence-electron chi connectivity index (χ2n) is 8.00. The van der Waals surface area contributed by atoms with Crippen LogP contribution in [0, 0.1) is 11.8 Å². The predicted octanol–water partition coefficient (Wildman–Crippen LogP) is 0.244. The van der Waals surface area contributed by atoms with Crippen molar-refractivity contribution in [2.75, 3.05) is 19.7 Å². The van der Waals surface area contributed by atoms with E-state index in [9.17, 15) is 19.8 Å². The summed E-state index contributed by atoms with van der Waals surface area (Å²) in [7, 11) is 0. The van der Waals surface area contributed by atoms with Gasteiger partial charge in [-0.05, 0) is 31.8 Å². The fraction of sp³-hybridized carbons (Fsp3) is 0.778. The van der Waals surface area contributed by atoms with Gasteiger partial charge in [0.15, 0.2) is 5.60 Å². The maximum Gasteiger partial charge on any atom is 0.341 e. The van der Waals surface area contributed by atoms with Crippen LogP contribution in [-0.4, -0.2) is 70.1 Å². The predicted molar refractivity (Wildman–Crippen MR) is 88.5 cm³/mol. The number of carbonyl (C=O) groups excluding carboxylic acids is 2. The van der Waals surface area contributed by atoms with Gasteiger partial charge in [-0.25, -0.2) is 4.79 Å². The van der Waals surface area contributed by atoms with Crippen LogP contribution in [0.3, 0.4) is 0 Å². The van der Waals surface area contributed by atoms with Crippen molar-refractivity contribution in [2.24, 2.45) is 11.8 Å². The number of hydrogen-bond donors (Lipinski definition) is 2. The van der Waals surface area contributed by atoms with Crippen molar-refractivity contribution >= 4 is 11.9 Å². The van der Waals surface area contributed by atoms with Crippen LogP contribution in [0.1, 0.15) is 34.1 Å². The molecule has 3 rings (SSSR count). The normalized spacial score (nSPS) is 42.5. The second-order valence-corrected chi connectivity index (χ2v) is 8.00. The molecule has 0 radical (unpaired) electrons. The summed E-state index contributed by atoms with van der Waals surface area (Å²) >= 11 is 0. The van der Waals surface area contributed by atoms with Gasteiger partial charge in [-0.2, -0.15) is 0 Å². The zero-order valence-electron chi connectivity index (χ0n) is 15.2. The minimum Gasteiger partial charge on any atom is -0.460 e. The van der Waals surface area contributed by atoms with Crippen LogP contribution >= 0.6 is 0 Å². The number of esters is 2. The highest BCUT2D eigenvalue weighted by Gasteiger charge is 2.58. The third-order valence-corrected chi connectivity index (χ3v) is 5.96. The molecule has 0 amide bonds. The van der Waals surface area contributed by atoms with Crippen molar-refractivity contribution in [3.8, 4) is 0 Å². The molecule has 3 aliphatic heterocycles. The van der Waals surface area contributed by atoms with E-state index < -0.39 is 29.1 Å². The molecule has 0 aromatic rings. The van der Waals surface area contributed by atoms with Gasteiger partial charge >= 0.3 is 11.9 Å². The number of cyclic esters (lactones) is 1. The van der Waals surface area contributed by atoms with Crippen LogP contribution in [0.4, 0.5) is 0 Å². The average Bonchev–Trinajstić information content (AvgIpc) is 3.06. The fourth-order valence-electron chi connectivity index (χ4n) is 4.30. The fourth-order valence-corrected chi connectivity index (χ4v) is 4.30. The SMILES string of the molecule is CC(C)[C@H]1C(=O)OC2CCN3CC=C(COC(=O)C(C)(O)C1(C)O)[C@H]23. The van der Waals surface area contributed by atoms with E-state index in [0.717, 1.165) is 18.7 Å². The molecule has 0 bridgehead atoms. The van der Waals surface area contributed by atoms with Crippen molar-refractivity contribution in [3.63, 3.8) is 0 Å². The number of ether oxygens (including phenoxy) is 2.